The molecule has 1 aliphatic heterocycles. The number of hydrogen-bond acceptors (Lipinski definition) is 10. The second kappa shape index (κ2) is 13.7. The predicted octanol–water partition coefficient (Wildman–Crippen LogP) is 3.54. The molecule has 2 aliphatic rings. The molecule has 16 heteroatoms. The molecule has 13 nitrogen and oxygen atoms in total. The molecule has 0 radical (unpaired) electrons. The van der Waals surface area contributed by atoms with Crippen molar-refractivity contribution in [1.29, 1.82) is 0 Å². The Kier molecular flexibility index (Phi) is 9.01. The van der Waals surface area contributed by atoms with Gasteiger partial charge in [-0.05, 0) is 67.4 Å². The van der Waals surface area contributed by atoms with Crippen LogP contribution in [0.1, 0.15) is 34.6 Å². The first-order valence-corrected chi connectivity index (χ1v) is 16.0. The number of carbonyl (C=O) groups is 2. The fourth-order valence-electron chi connectivity index (χ4n) is 5.62. The Morgan fingerprint density at radius 3 is 2.36 bits per heavy atom. The molecule has 7 rings (SSSR count). The molecule has 4 heterocycles. The lowest BCUT2D eigenvalue weighted by atomic mass is 10.1. The standard InChI is InChI=1S/C34H31F3N8O5/c35-34(36,37)23-4-6-24(7-5-23)49-21-31(47)43-16-14-42(15-17-43)20-30-41-32-26(2-1-11-38-32)33(48)45(30)27-18-22(3-10-29(27)50-25-8-9-25)28(46)19-44-39-12-13-40-44/h1-7,10-13,18,25H,8-9,14-17,19-21H2. The monoisotopic (exact) mass is 688 g/mol. The van der Waals surface area contributed by atoms with Gasteiger partial charge in [0.25, 0.3) is 11.5 Å². The molecule has 50 heavy (non-hydrogen) atoms. The molecule has 0 N–H and O–H groups in total. The van der Waals surface area contributed by atoms with Crippen LogP contribution in [0.4, 0.5) is 13.2 Å². The summed E-state index contributed by atoms with van der Waals surface area (Å²) in [5, 5.41) is 8.34. The molecule has 2 aromatic carbocycles. The van der Waals surface area contributed by atoms with Gasteiger partial charge in [0, 0.05) is 37.9 Å². The largest absolute Gasteiger partial charge is 0.488 e. The lowest BCUT2D eigenvalue weighted by Gasteiger charge is -2.34. The van der Waals surface area contributed by atoms with Crippen molar-refractivity contribution in [3.63, 3.8) is 0 Å². The van der Waals surface area contributed by atoms with Crippen LogP contribution in [0.3, 0.4) is 0 Å². The SMILES string of the molecule is O=C(Cn1nccn1)c1ccc(OC2CC2)c(-n2c(CN3CCN(C(=O)COc4ccc(C(F)(F)F)cc4)CC3)nc3ncccc3c2=O)c1. The van der Waals surface area contributed by atoms with E-state index < -0.39 is 11.7 Å². The molecular formula is C34H31F3N8O5. The summed E-state index contributed by atoms with van der Waals surface area (Å²) in [6, 6.07) is 12.5. The van der Waals surface area contributed by atoms with E-state index in [0.717, 1.165) is 25.0 Å². The van der Waals surface area contributed by atoms with Gasteiger partial charge in [-0.1, -0.05) is 0 Å². The van der Waals surface area contributed by atoms with E-state index in [1.54, 1.807) is 41.4 Å². The van der Waals surface area contributed by atoms with E-state index in [4.69, 9.17) is 14.5 Å². The summed E-state index contributed by atoms with van der Waals surface area (Å²) in [6.45, 7) is 1.42. The Bertz CT molecular complexity index is 2070. The first-order chi connectivity index (χ1) is 24.1. The van der Waals surface area contributed by atoms with Crippen LogP contribution in [0.25, 0.3) is 16.7 Å². The molecule has 0 spiro atoms. The Morgan fingerprint density at radius 1 is 0.920 bits per heavy atom. The van der Waals surface area contributed by atoms with Crippen LogP contribution < -0.4 is 15.0 Å². The van der Waals surface area contributed by atoms with Crippen LogP contribution in [0, 0.1) is 0 Å². The number of carbonyl (C=O) groups excluding carboxylic acids is 2. The van der Waals surface area contributed by atoms with E-state index in [2.05, 4.69) is 15.2 Å². The van der Waals surface area contributed by atoms with Gasteiger partial charge in [0.1, 0.15) is 23.9 Å². The highest BCUT2D eigenvalue weighted by atomic mass is 19.4. The van der Waals surface area contributed by atoms with Gasteiger partial charge in [-0.3, -0.25) is 23.9 Å². The molecule has 0 bridgehead atoms. The summed E-state index contributed by atoms with van der Waals surface area (Å²) in [7, 11) is 0. The van der Waals surface area contributed by atoms with Gasteiger partial charge in [0.2, 0.25) is 0 Å². The summed E-state index contributed by atoms with van der Waals surface area (Å²) in [5.74, 6) is 0.424. The predicted molar refractivity (Wildman–Crippen MR) is 172 cm³/mol. The van der Waals surface area contributed by atoms with Crippen molar-refractivity contribution in [3.8, 4) is 17.2 Å². The molecule has 1 amide bonds. The number of amides is 1. The number of ether oxygens (including phenoxy) is 2. The van der Waals surface area contributed by atoms with E-state index in [-0.39, 0.29) is 54.4 Å². The van der Waals surface area contributed by atoms with Crippen molar-refractivity contribution in [2.75, 3.05) is 32.8 Å². The third kappa shape index (κ3) is 7.34. The fourth-order valence-corrected chi connectivity index (χ4v) is 5.62. The van der Waals surface area contributed by atoms with Gasteiger partial charge >= 0.3 is 6.18 Å². The summed E-state index contributed by atoms with van der Waals surface area (Å²) in [6.07, 6.45) is 1.83. The van der Waals surface area contributed by atoms with Gasteiger partial charge < -0.3 is 14.4 Å². The van der Waals surface area contributed by atoms with Crippen molar-refractivity contribution in [1.82, 2.24) is 39.3 Å². The number of ketones is 1. The molecule has 1 saturated heterocycles. The second-order valence-corrected chi connectivity index (χ2v) is 12.0. The number of Topliss-reactive ketones (excluding diaryl/α,β-unsaturated/α-hetero) is 1. The number of fused-ring (bicyclic) bond motifs is 1. The van der Waals surface area contributed by atoms with Gasteiger partial charge in [0.05, 0.1) is 41.7 Å². The van der Waals surface area contributed by atoms with Crippen molar-refractivity contribution >= 4 is 22.7 Å². The van der Waals surface area contributed by atoms with Crippen molar-refractivity contribution in [2.24, 2.45) is 0 Å². The number of rotatable bonds is 11. The topological polar surface area (TPSA) is 138 Å². The average Bonchev–Trinajstić information content (AvgIpc) is 3.78. The number of aromatic nitrogens is 6. The third-order valence-corrected chi connectivity index (χ3v) is 8.44. The minimum atomic E-state index is -4.46. The number of pyridine rings is 1. The van der Waals surface area contributed by atoms with Crippen LogP contribution >= 0.6 is 0 Å². The van der Waals surface area contributed by atoms with Crippen molar-refractivity contribution in [3.05, 3.63) is 100 Å². The first-order valence-electron chi connectivity index (χ1n) is 16.0. The van der Waals surface area contributed by atoms with Crippen LogP contribution in [0.5, 0.6) is 11.5 Å². The third-order valence-electron chi connectivity index (χ3n) is 8.44. The number of halogens is 3. The molecular weight excluding hydrogens is 657 g/mol. The zero-order valence-corrected chi connectivity index (χ0v) is 26.6. The Balaban J connectivity index is 1.11. The van der Waals surface area contributed by atoms with Gasteiger partial charge in [-0.2, -0.15) is 28.2 Å². The van der Waals surface area contributed by atoms with Crippen LogP contribution in [0.15, 0.2) is 78.0 Å². The van der Waals surface area contributed by atoms with E-state index in [1.807, 2.05) is 4.90 Å². The minimum absolute atomic E-state index is 0.00616. The normalized spacial score (nSPS) is 15.3. The summed E-state index contributed by atoms with van der Waals surface area (Å²) < 4.78 is 51.7. The maximum Gasteiger partial charge on any atom is 0.416 e. The summed E-state index contributed by atoms with van der Waals surface area (Å²) in [4.78, 5) is 54.4. The lowest BCUT2D eigenvalue weighted by Crippen LogP contribution is -2.50. The lowest BCUT2D eigenvalue weighted by molar-refractivity contribution is -0.138. The number of alkyl halides is 3. The number of benzene rings is 2. The number of piperazine rings is 1. The molecule has 2 fully saturated rings. The zero-order valence-electron chi connectivity index (χ0n) is 26.6. The van der Waals surface area contributed by atoms with E-state index in [1.165, 1.54) is 33.9 Å². The maximum atomic E-state index is 14.2. The Morgan fingerprint density at radius 2 is 1.66 bits per heavy atom. The minimum Gasteiger partial charge on any atom is -0.488 e. The van der Waals surface area contributed by atoms with Gasteiger partial charge in [-0.15, -0.1) is 0 Å². The Labute approximate surface area is 282 Å². The van der Waals surface area contributed by atoms with Crippen LogP contribution in [-0.4, -0.2) is 89.9 Å². The van der Waals surface area contributed by atoms with Crippen LogP contribution in [-0.2, 0) is 24.1 Å². The maximum absolute atomic E-state index is 14.2. The molecule has 0 unspecified atom stereocenters. The van der Waals surface area contributed by atoms with E-state index in [9.17, 15) is 27.6 Å². The zero-order chi connectivity index (χ0) is 34.8. The van der Waals surface area contributed by atoms with Gasteiger partial charge in [0.15, 0.2) is 18.0 Å². The average molecular weight is 689 g/mol. The smallest absolute Gasteiger partial charge is 0.416 e. The number of nitrogens with zero attached hydrogens (tertiary/aromatic N) is 8. The fraction of sp³-hybridized carbons (Fsp3) is 0.324. The second-order valence-electron chi connectivity index (χ2n) is 12.0. The molecule has 5 aromatic rings. The van der Waals surface area contributed by atoms with Crippen LogP contribution in [0.2, 0.25) is 0 Å². The van der Waals surface area contributed by atoms with E-state index >= 15 is 0 Å². The summed E-state index contributed by atoms with van der Waals surface area (Å²) in [5.41, 5.74) is -0.171. The highest BCUT2D eigenvalue weighted by Crippen LogP contribution is 2.33. The van der Waals surface area contributed by atoms with E-state index in [0.29, 0.717) is 54.4 Å². The summed E-state index contributed by atoms with van der Waals surface area (Å²) >= 11 is 0. The molecule has 0 atom stereocenters. The highest BCUT2D eigenvalue weighted by molar-refractivity contribution is 5.96. The Hall–Kier alpha value is -5.64. The van der Waals surface area contributed by atoms with Crippen molar-refractivity contribution in [2.45, 2.75) is 38.2 Å². The number of hydrogen-bond donors (Lipinski definition) is 0. The first kappa shape index (κ1) is 32.9. The quantitative estimate of drug-likeness (QED) is 0.190. The van der Waals surface area contributed by atoms with Gasteiger partial charge in [-0.25, -0.2) is 9.97 Å². The molecule has 1 aliphatic carbocycles. The highest BCUT2D eigenvalue weighted by Gasteiger charge is 2.31. The molecule has 258 valence electrons. The molecule has 3 aromatic heterocycles. The molecule has 1 saturated carbocycles. The van der Waals surface area contributed by atoms with Crippen molar-refractivity contribution < 1.29 is 32.2 Å².